The zero-order valence-electron chi connectivity index (χ0n) is 6.51. The van der Waals surface area contributed by atoms with Crippen LogP contribution in [0.2, 0.25) is 0 Å². The highest BCUT2D eigenvalue weighted by Crippen LogP contribution is 1.73. The summed E-state index contributed by atoms with van der Waals surface area (Å²) in [6, 6.07) is -0.833. The number of nitrogens with zero attached hydrogens (tertiary/aromatic N) is 1. The molecule has 0 aliphatic carbocycles. The van der Waals surface area contributed by atoms with E-state index in [4.69, 9.17) is 4.79 Å². The molecule has 56 valence electrons. The van der Waals surface area contributed by atoms with Gasteiger partial charge in [-0.3, -0.25) is 0 Å². The van der Waals surface area contributed by atoms with Gasteiger partial charge < -0.3 is 16.0 Å². The van der Waals surface area contributed by atoms with Crippen molar-refractivity contribution in [3.8, 4) is 0 Å². The maximum atomic E-state index is 9.00. The van der Waals surface area contributed by atoms with Gasteiger partial charge in [0, 0.05) is 0 Å². The van der Waals surface area contributed by atoms with E-state index in [0.717, 1.165) is 4.48 Å². The van der Waals surface area contributed by atoms with Gasteiger partial charge in [-0.2, -0.15) is 0 Å². The van der Waals surface area contributed by atoms with Gasteiger partial charge >= 0.3 is 6.03 Å². The van der Waals surface area contributed by atoms with Crippen LogP contribution in [0.15, 0.2) is 0 Å². The molecular formula is C5H16N3O+. The van der Waals surface area contributed by atoms with Crippen molar-refractivity contribution in [2.75, 3.05) is 28.2 Å². The van der Waals surface area contributed by atoms with Gasteiger partial charge in [-0.15, -0.1) is 0 Å². The first-order valence-electron chi connectivity index (χ1n) is 2.57. The van der Waals surface area contributed by atoms with E-state index in [2.05, 4.69) is 39.7 Å². The first kappa shape index (κ1) is 11.1. The minimum Gasteiger partial charge on any atom is -0.352 e. The Morgan fingerprint density at radius 3 is 1.11 bits per heavy atom. The quantitative estimate of drug-likeness (QED) is 0.424. The summed E-state index contributed by atoms with van der Waals surface area (Å²) in [5.74, 6) is 0. The molecule has 2 amide bonds. The van der Waals surface area contributed by atoms with E-state index < -0.39 is 6.03 Å². The van der Waals surface area contributed by atoms with Crippen LogP contribution in [0.3, 0.4) is 0 Å². The molecular weight excluding hydrogens is 118 g/mol. The number of rotatable bonds is 0. The number of hydrogen-bond acceptors (Lipinski definition) is 1. The average Bonchev–Trinajstić information content (AvgIpc) is 1.19. The second-order valence-corrected chi connectivity index (χ2v) is 3.09. The van der Waals surface area contributed by atoms with Gasteiger partial charge in [-0.05, 0) is 0 Å². The van der Waals surface area contributed by atoms with Crippen LogP contribution < -0.4 is 11.5 Å². The molecule has 0 atom stereocenters. The normalized spacial score (nSPS) is 9.33. The van der Waals surface area contributed by atoms with Crippen molar-refractivity contribution in [3.05, 3.63) is 0 Å². The summed E-state index contributed by atoms with van der Waals surface area (Å²) in [6.45, 7) is 0. The van der Waals surface area contributed by atoms with Crippen LogP contribution >= 0.6 is 0 Å². The largest absolute Gasteiger partial charge is 0.352 e. The number of amides is 2. The fourth-order valence-corrected chi connectivity index (χ4v) is 0. The Morgan fingerprint density at radius 1 is 1.11 bits per heavy atom. The van der Waals surface area contributed by atoms with Crippen molar-refractivity contribution in [3.63, 3.8) is 0 Å². The van der Waals surface area contributed by atoms with Crippen molar-refractivity contribution < 1.29 is 9.28 Å². The summed E-state index contributed by atoms with van der Waals surface area (Å²) in [5, 5.41) is 0. The fourth-order valence-electron chi connectivity index (χ4n) is 0. The van der Waals surface area contributed by atoms with Crippen molar-refractivity contribution in [2.45, 2.75) is 0 Å². The summed E-state index contributed by atoms with van der Waals surface area (Å²) in [7, 11) is 8.50. The predicted molar refractivity (Wildman–Crippen MR) is 37.7 cm³/mol. The minimum absolute atomic E-state index is 0.833. The van der Waals surface area contributed by atoms with E-state index in [0.29, 0.717) is 0 Å². The van der Waals surface area contributed by atoms with Crippen LogP contribution in [0, 0.1) is 0 Å². The molecule has 0 aliphatic heterocycles. The molecule has 0 unspecified atom stereocenters. The maximum absolute atomic E-state index is 9.00. The Kier molecular flexibility index (Phi) is 5.10. The Hall–Kier alpha value is -0.770. The molecule has 4 nitrogen and oxygen atoms in total. The van der Waals surface area contributed by atoms with Gasteiger partial charge in [0.15, 0.2) is 0 Å². The third kappa shape index (κ3) is 334. The highest BCUT2D eigenvalue weighted by Gasteiger charge is 1.88. The van der Waals surface area contributed by atoms with Crippen LogP contribution in [0.1, 0.15) is 0 Å². The highest BCUT2D eigenvalue weighted by atomic mass is 16.2. The number of hydrogen-bond donors (Lipinski definition) is 2. The lowest BCUT2D eigenvalue weighted by molar-refractivity contribution is -0.849. The summed E-state index contributed by atoms with van der Waals surface area (Å²) in [5.41, 5.74) is 8.50. The summed E-state index contributed by atoms with van der Waals surface area (Å²) < 4.78 is 1.00. The maximum Gasteiger partial charge on any atom is 0.309 e. The lowest BCUT2D eigenvalue weighted by Crippen LogP contribution is -2.27. The van der Waals surface area contributed by atoms with Crippen molar-refractivity contribution in [1.29, 1.82) is 0 Å². The topological polar surface area (TPSA) is 69.1 Å². The number of urea groups is 1. The van der Waals surface area contributed by atoms with Crippen LogP contribution in [0.5, 0.6) is 0 Å². The standard InChI is InChI=1S/C4H12N.CH4N2O/c1-5(2,3)4;2-1(3)4/h1-4H3;(H4,2,3,4)/q+1;. The molecule has 0 saturated carbocycles. The van der Waals surface area contributed by atoms with E-state index in [1.165, 1.54) is 0 Å². The Balaban J connectivity index is 0. The summed E-state index contributed by atoms with van der Waals surface area (Å²) >= 11 is 0. The average molecular weight is 134 g/mol. The van der Waals surface area contributed by atoms with Crippen molar-refractivity contribution in [2.24, 2.45) is 11.5 Å². The lowest BCUT2D eigenvalue weighted by Gasteiger charge is -2.14. The molecule has 0 spiro atoms. The minimum atomic E-state index is -0.833. The first-order valence-corrected chi connectivity index (χ1v) is 2.57. The van der Waals surface area contributed by atoms with Gasteiger partial charge in [-0.25, -0.2) is 4.79 Å². The van der Waals surface area contributed by atoms with Gasteiger partial charge in [0.25, 0.3) is 0 Å². The monoisotopic (exact) mass is 134 g/mol. The van der Waals surface area contributed by atoms with Gasteiger partial charge in [0.2, 0.25) is 0 Å². The van der Waals surface area contributed by atoms with Crippen molar-refractivity contribution in [1.82, 2.24) is 0 Å². The Bertz CT molecular complexity index is 74.7. The molecule has 0 fully saturated rings. The zero-order chi connectivity index (χ0) is 8.08. The number of quaternary nitrogens is 1. The molecule has 0 heterocycles. The lowest BCUT2D eigenvalue weighted by atomic mass is 10.8. The number of carbonyl (C=O) groups is 1. The van der Waals surface area contributed by atoms with E-state index in [9.17, 15) is 0 Å². The fraction of sp³-hybridized carbons (Fsp3) is 0.800. The van der Waals surface area contributed by atoms with Crippen LogP contribution in [-0.4, -0.2) is 38.7 Å². The van der Waals surface area contributed by atoms with Crippen LogP contribution in [-0.2, 0) is 0 Å². The molecule has 0 bridgehead atoms. The van der Waals surface area contributed by atoms with E-state index in [-0.39, 0.29) is 0 Å². The SMILES string of the molecule is C[N+](C)(C)C.NC(N)=O. The first-order chi connectivity index (χ1) is 3.73. The molecule has 0 saturated heterocycles. The smallest absolute Gasteiger partial charge is 0.309 e. The predicted octanol–water partition coefficient (Wildman–Crippen LogP) is -0.654. The highest BCUT2D eigenvalue weighted by molar-refractivity contribution is 5.69. The molecule has 0 aromatic rings. The van der Waals surface area contributed by atoms with E-state index in [1.54, 1.807) is 0 Å². The molecule has 0 aliphatic rings. The molecule has 0 rings (SSSR count). The number of carbonyl (C=O) groups excluding carboxylic acids is 1. The second kappa shape index (κ2) is 4.14. The second-order valence-electron chi connectivity index (χ2n) is 3.09. The Labute approximate surface area is 56.0 Å². The molecule has 0 aromatic carbocycles. The van der Waals surface area contributed by atoms with E-state index in [1.807, 2.05) is 0 Å². The van der Waals surface area contributed by atoms with Crippen LogP contribution in [0.25, 0.3) is 0 Å². The third-order valence-corrected chi connectivity index (χ3v) is 0. The van der Waals surface area contributed by atoms with Crippen molar-refractivity contribution >= 4 is 6.03 Å². The number of nitrogens with two attached hydrogens (primary N) is 2. The molecule has 0 radical (unpaired) electrons. The third-order valence-electron chi connectivity index (χ3n) is 0. The zero-order valence-corrected chi connectivity index (χ0v) is 6.51. The molecule has 4 N–H and O–H groups in total. The van der Waals surface area contributed by atoms with Crippen LogP contribution in [0.4, 0.5) is 4.79 Å². The molecule has 0 aromatic heterocycles. The number of primary amides is 2. The molecule has 4 heteroatoms. The summed E-state index contributed by atoms with van der Waals surface area (Å²) in [4.78, 5) is 9.00. The van der Waals surface area contributed by atoms with Gasteiger partial charge in [0.1, 0.15) is 0 Å². The summed E-state index contributed by atoms with van der Waals surface area (Å²) in [6.07, 6.45) is 0. The Morgan fingerprint density at radius 2 is 1.11 bits per heavy atom. The van der Waals surface area contributed by atoms with Gasteiger partial charge in [-0.1, -0.05) is 0 Å². The van der Waals surface area contributed by atoms with E-state index >= 15 is 0 Å². The molecule has 9 heavy (non-hydrogen) atoms. The van der Waals surface area contributed by atoms with Gasteiger partial charge in [0.05, 0.1) is 28.2 Å².